The van der Waals surface area contributed by atoms with Gasteiger partial charge in [-0.3, -0.25) is 14.5 Å². The minimum atomic E-state index is -1.81. The maximum Gasteiger partial charge on any atom is 0.408 e. The molecule has 0 aliphatic rings. The minimum Gasteiger partial charge on any atom is -0.507 e. The van der Waals surface area contributed by atoms with Crippen molar-refractivity contribution >= 4 is 47.2 Å². The second kappa shape index (κ2) is 17.4. The van der Waals surface area contributed by atoms with Crippen molar-refractivity contribution in [1.29, 1.82) is 0 Å². The summed E-state index contributed by atoms with van der Waals surface area (Å²) in [7, 11) is 0. The highest BCUT2D eigenvalue weighted by Crippen LogP contribution is 2.30. The summed E-state index contributed by atoms with van der Waals surface area (Å²) in [5, 5.41) is 43.2. The summed E-state index contributed by atoms with van der Waals surface area (Å²) < 4.78 is 10.4. The van der Waals surface area contributed by atoms with Crippen LogP contribution in [0.1, 0.15) is 39.1 Å². The lowest BCUT2D eigenvalue weighted by molar-refractivity contribution is -0.148. The molecule has 0 spiro atoms. The van der Waals surface area contributed by atoms with Gasteiger partial charge < -0.3 is 40.5 Å². The number of amides is 3. The van der Waals surface area contributed by atoms with Crippen LogP contribution in [0, 0.1) is 0 Å². The fraction of sp³-hybridized carbons (Fsp3) is 0.212. The number of nitrogens with one attached hydrogen (secondary N) is 2. The van der Waals surface area contributed by atoms with Gasteiger partial charge in [0, 0.05) is 18.7 Å². The first-order valence-electron chi connectivity index (χ1n) is 14.4. The summed E-state index contributed by atoms with van der Waals surface area (Å²) >= 11 is 0. The molecule has 3 amide bonds. The van der Waals surface area contributed by atoms with Crippen LogP contribution in [0.25, 0.3) is 0 Å². The van der Waals surface area contributed by atoms with E-state index in [4.69, 9.17) is 9.47 Å². The molecule has 0 saturated heterocycles. The van der Waals surface area contributed by atoms with Gasteiger partial charge in [0.15, 0.2) is 0 Å². The lowest BCUT2D eigenvalue weighted by Gasteiger charge is -2.23. The van der Waals surface area contributed by atoms with E-state index in [0.717, 1.165) is 4.90 Å². The molecule has 0 bridgehead atoms. The van der Waals surface area contributed by atoms with E-state index < -0.39 is 47.6 Å². The topological polar surface area (TPSA) is 229 Å². The molecule has 3 aromatic rings. The summed E-state index contributed by atoms with van der Waals surface area (Å²) in [6.07, 6.45) is 1.24. The SMILES string of the molecule is C=CCOC(=O)N[C@@H](Cc1ccc(N(C(=O)C(=O)O)c2ccccc2C(=O)O)cc1)C(=O)NCCCCOc1cccc(O)c1C(=O)O. The monoisotopic (exact) mass is 663 g/mol. The van der Waals surface area contributed by atoms with Gasteiger partial charge in [0.2, 0.25) is 5.91 Å². The zero-order valence-electron chi connectivity index (χ0n) is 25.5. The molecule has 252 valence electrons. The van der Waals surface area contributed by atoms with Gasteiger partial charge in [-0.25, -0.2) is 19.2 Å². The molecule has 15 heteroatoms. The van der Waals surface area contributed by atoms with Gasteiger partial charge in [-0.2, -0.15) is 0 Å². The Hall–Kier alpha value is -6.38. The highest BCUT2D eigenvalue weighted by atomic mass is 16.5. The Kier molecular flexibility index (Phi) is 13.0. The van der Waals surface area contributed by atoms with Gasteiger partial charge in [-0.1, -0.05) is 43.0 Å². The van der Waals surface area contributed by atoms with Crippen molar-refractivity contribution in [2.45, 2.75) is 25.3 Å². The van der Waals surface area contributed by atoms with Crippen LogP contribution < -0.4 is 20.3 Å². The second-order valence-electron chi connectivity index (χ2n) is 10.0. The van der Waals surface area contributed by atoms with E-state index in [9.17, 15) is 49.2 Å². The van der Waals surface area contributed by atoms with Crippen LogP contribution in [0.5, 0.6) is 11.5 Å². The summed E-state index contributed by atoms with van der Waals surface area (Å²) in [4.78, 5) is 73.5. The number of nitrogens with zero attached hydrogens (tertiary/aromatic N) is 1. The van der Waals surface area contributed by atoms with E-state index in [2.05, 4.69) is 17.2 Å². The van der Waals surface area contributed by atoms with Crippen LogP contribution in [-0.4, -0.2) is 82.0 Å². The highest BCUT2D eigenvalue weighted by molar-refractivity contribution is 6.39. The van der Waals surface area contributed by atoms with Crippen molar-refractivity contribution in [1.82, 2.24) is 10.6 Å². The standard InChI is InChI=1S/C33H33N3O12/c1-2-17-48-33(46)35-23(28(38)34-16-5-6-18-47-26-11-7-10-25(37)27(26)31(42)43)19-20-12-14-21(15-13-20)36(29(39)32(44)45)24-9-4-3-8-22(24)30(40)41/h2-4,7-15,23,37H,1,5-6,16-19H2,(H,34,38)(H,35,46)(H,40,41)(H,42,43)(H,44,45)/t23-/m0/s1. The van der Waals surface area contributed by atoms with Crippen LogP contribution >= 0.6 is 0 Å². The Morgan fingerprint density at radius 3 is 2.23 bits per heavy atom. The zero-order chi connectivity index (χ0) is 35.2. The fourth-order valence-corrected chi connectivity index (χ4v) is 4.45. The Morgan fingerprint density at radius 1 is 0.875 bits per heavy atom. The van der Waals surface area contributed by atoms with Gasteiger partial charge in [-0.05, 0) is 54.8 Å². The number of phenols is 1. The minimum absolute atomic E-state index is 0.00129. The molecule has 3 rings (SSSR count). The molecule has 0 unspecified atom stereocenters. The molecule has 0 radical (unpaired) electrons. The molecule has 48 heavy (non-hydrogen) atoms. The number of hydrogen-bond donors (Lipinski definition) is 6. The number of carboxylic acid groups (broad SMARTS) is 3. The van der Waals surface area contributed by atoms with Crippen LogP contribution in [0.3, 0.4) is 0 Å². The Bertz CT molecular complexity index is 1670. The summed E-state index contributed by atoms with van der Waals surface area (Å²) in [5.74, 6) is -6.91. The van der Waals surface area contributed by atoms with E-state index in [-0.39, 0.29) is 54.4 Å². The van der Waals surface area contributed by atoms with E-state index in [0.29, 0.717) is 18.4 Å². The number of aromatic hydroxyl groups is 1. The Labute approximate surface area is 274 Å². The molecule has 0 aliphatic heterocycles. The first-order valence-corrected chi connectivity index (χ1v) is 14.4. The number of rotatable bonds is 16. The van der Waals surface area contributed by atoms with E-state index in [1.807, 2.05) is 0 Å². The molecule has 0 aromatic heterocycles. The lowest BCUT2D eigenvalue weighted by Crippen LogP contribution is -2.48. The third-order valence-electron chi connectivity index (χ3n) is 6.68. The van der Waals surface area contributed by atoms with E-state index >= 15 is 0 Å². The molecule has 0 fully saturated rings. The largest absolute Gasteiger partial charge is 0.507 e. The van der Waals surface area contributed by atoms with E-state index in [1.165, 1.54) is 72.8 Å². The van der Waals surface area contributed by atoms with Gasteiger partial charge in [-0.15, -0.1) is 0 Å². The third-order valence-corrected chi connectivity index (χ3v) is 6.68. The van der Waals surface area contributed by atoms with Crippen LogP contribution in [0.2, 0.25) is 0 Å². The Balaban J connectivity index is 1.69. The molecule has 0 aliphatic carbocycles. The number of para-hydroxylation sites is 1. The van der Waals surface area contributed by atoms with Crippen molar-refractivity contribution < 1.29 is 58.7 Å². The average molecular weight is 664 g/mol. The molecule has 6 N–H and O–H groups in total. The molecular formula is C33H33N3O12. The number of carbonyl (C=O) groups excluding carboxylic acids is 3. The van der Waals surface area contributed by atoms with Gasteiger partial charge in [0.25, 0.3) is 0 Å². The highest BCUT2D eigenvalue weighted by Gasteiger charge is 2.28. The number of carboxylic acids is 3. The summed E-state index contributed by atoms with van der Waals surface area (Å²) in [6.45, 7) is 3.62. The van der Waals surface area contributed by atoms with E-state index in [1.54, 1.807) is 0 Å². The summed E-state index contributed by atoms with van der Waals surface area (Å²) in [6, 6.07) is 14.1. The van der Waals surface area contributed by atoms with Crippen molar-refractivity contribution in [2.75, 3.05) is 24.7 Å². The third kappa shape index (κ3) is 9.81. The predicted molar refractivity (Wildman–Crippen MR) is 170 cm³/mol. The first-order chi connectivity index (χ1) is 22.9. The fourth-order valence-electron chi connectivity index (χ4n) is 4.45. The van der Waals surface area contributed by atoms with Crippen LogP contribution in [0.15, 0.2) is 79.4 Å². The molecule has 3 aromatic carbocycles. The second-order valence-corrected chi connectivity index (χ2v) is 10.0. The first kappa shape index (κ1) is 36.1. The number of unbranched alkanes of at least 4 members (excludes halogenated alkanes) is 1. The number of anilines is 2. The summed E-state index contributed by atoms with van der Waals surface area (Å²) in [5.41, 5.74) is -0.286. The number of hydrogen-bond acceptors (Lipinski definition) is 9. The van der Waals surface area contributed by atoms with Crippen molar-refractivity contribution in [3.05, 3.63) is 96.1 Å². The average Bonchev–Trinajstić information content (AvgIpc) is 3.05. The number of alkyl carbamates (subject to hydrolysis) is 1. The normalized spacial score (nSPS) is 11.0. The molecule has 0 saturated carbocycles. The van der Waals surface area contributed by atoms with Crippen molar-refractivity contribution in [3.8, 4) is 11.5 Å². The van der Waals surface area contributed by atoms with Gasteiger partial charge in [0.05, 0.1) is 17.9 Å². The van der Waals surface area contributed by atoms with Gasteiger partial charge >= 0.3 is 29.9 Å². The maximum absolute atomic E-state index is 13.1. The maximum atomic E-state index is 13.1. The van der Waals surface area contributed by atoms with Crippen molar-refractivity contribution in [3.63, 3.8) is 0 Å². The van der Waals surface area contributed by atoms with Crippen LogP contribution in [-0.2, 0) is 25.5 Å². The number of benzene rings is 3. The Morgan fingerprint density at radius 2 is 1.58 bits per heavy atom. The number of ether oxygens (including phenoxy) is 2. The molecule has 1 atom stereocenters. The number of aliphatic carboxylic acids is 1. The smallest absolute Gasteiger partial charge is 0.408 e. The lowest BCUT2D eigenvalue weighted by atomic mass is 10.0. The molecular weight excluding hydrogens is 630 g/mol. The van der Waals surface area contributed by atoms with Crippen LogP contribution in [0.4, 0.5) is 16.2 Å². The molecule has 0 heterocycles. The zero-order valence-corrected chi connectivity index (χ0v) is 25.5. The van der Waals surface area contributed by atoms with Crippen molar-refractivity contribution in [2.24, 2.45) is 0 Å². The molecule has 15 nitrogen and oxygen atoms in total. The number of carbonyl (C=O) groups is 6. The van der Waals surface area contributed by atoms with Gasteiger partial charge in [0.1, 0.15) is 29.7 Å². The predicted octanol–water partition coefficient (Wildman–Crippen LogP) is 3.34. The number of aromatic carboxylic acids is 2. The quantitative estimate of drug-likeness (QED) is 0.0737.